The number of carbonyl (C=O) groups is 1. The van der Waals surface area contributed by atoms with Crippen LogP contribution in [0.1, 0.15) is 5.56 Å². The first-order valence-electron chi connectivity index (χ1n) is 3.92. The third-order valence-corrected chi connectivity index (χ3v) is 2.85. The van der Waals surface area contributed by atoms with E-state index in [1.165, 1.54) is 0 Å². The summed E-state index contributed by atoms with van der Waals surface area (Å²) in [5, 5.41) is 3.02. The van der Waals surface area contributed by atoms with Crippen LogP contribution in [0.4, 0.5) is 5.69 Å². The minimum Gasteiger partial charge on any atom is -0.423 e. The van der Waals surface area contributed by atoms with Crippen LogP contribution in [0.15, 0.2) is 16.6 Å². The molecule has 0 saturated heterocycles. The fraction of sp³-hybridized carbons (Fsp3) is 0.222. The van der Waals surface area contributed by atoms with Gasteiger partial charge in [0, 0.05) is 4.47 Å². The molecule has 1 N–H and O–H groups in total. The molecule has 3 nitrogen and oxygen atoms in total. The molecule has 0 aromatic heterocycles. The van der Waals surface area contributed by atoms with E-state index in [1.807, 2.05) is 13.0 Å². The predicted molar refractivity (Wildman–Crippen MR) is 53.0 cm³/mol. The van der Waals surface area contributed by atoms with Gasteiger partial charge in [-0.1, -0.05) is 15.9 Å². The zero-order chi connectivity index (χ0) is 9.42. The summed E-state index contributed by atoms with van der Waals surface area (Å²) < 4.78 is 6.06. The van der Waals surface area contributed by atoms with Gasteiger partial charge in [0.1, 0.15) is 6.54 Å². The maximum atomic E-state index is 10.9. The van der Waals surface area contributed by atoms with Gasteiger partial charge in [-0.25, -0.2) is 4.79 Å². The van der Waals surface area contributed by atoms with Crippen LogP contribution in [0.2, 0.25) is 0 Å². The number of anilines is 1. The molecule has 1 aromatic rings. The largest absolute Gasteiger partial charge is 0.423 e. The van der Waals surface area contributed by atoms with E-state index in [0.29, 0.717) is 5.75 Å². The molecule has 0 spiro atoms. The fourth-order valence-electron chi connectivity index (χ4n) is 1.29. The van der Waals surface area contributed by atoms with Gasteiger partial charge < -0.3 is 10.1 Å². The summed E-state index contributed by atoms with van der Waals surface area (Å²) in [6.07, 6.45) is 0. The second-order valence-corrected chi connectivity index (χ2v) is 3.73. The molecule has 0 aliphatic carbocycles. The van der Waals surface area contributed by atoms with E-state index in [-0.39, 0.29) is 12.5 Å². The highest BCUT2D eigenvalue weighted by molar-refractivity contribution is 9.10. The topological polar surface area (TPSA) is 38.3 Å². The van der Waals surface area contributed by atoms with Gasteiger partial charge in [-0.15, -0.1) is 0 Å². The lowest BCUT2D eigenvalue weighted by Gasteiger charge is -2.19. The van der Waals surface area contributed by atoms with Crippen molar-refractivity contribution in [3.05, 3.63) is 22.2 Å². The Morgan fingerprint density at radius 3 is 3.08 bits per heavy atom. The van der Waals surface area contributed by atoms with Gasteiger partial charge >= 0.3 is 5.97 Å². The molecular weight excluding hydrogens is 234 g/mol. The Hall–Kier alpha value is -1.03. The summed E-state index contributed by atoms with van der Waals surface area (Å²) in [7, 11) is 0. The first kappa shape index (κ1) is 8.56. The average molecular weight is 242 g/mol. The Morgan fingerprint density at radius 2 is 2.31 bits per heavy atom. The van der Waals surface area contributed by atoms with Crippen LogP contribution in [0.25, 0.3) is 0 Å². The van der Waals surface area contributed by atoms with E-state index in [1.54, 1.807) is 6.07 Å². The molecule has 0 amide bonds. The molecule has 1 aromatic carbocycles. The lowest BCUT2D eigenvalue weighted by atomic mass is 10.1. The molecular formula is C9H8BrNO2. The van der Waals surface area contributed by atoms with Crippen molar-refractivity contribution in [1.82, 2.24) is 0 Å². The number of hydrogen-bond acceptors (Lipinski definition) is 3. The average Bonchev–Trinajstić information content (AvgIpc) is 2.12. The molecule has 2 rings (SSSR count). The third-order valence-electron chi connectivity index (χ3n) is 1.99. The Balaban J connectivity index is 2.53. The summed E-state index contributed by atoms with van der Waals surface area (Å²) >= 11 is 3.41. The summed E-state index contributed by atoms with van der Waals surface area (Å²) in [5.41, 5.74) is 1.96. The van der Waals surface area contributed by atoms with Gasteiger partial charge in [0.05, 0.1) is 5.69 Å². The van der Waals surface area contributed by atoms with Crippen molar-refractivity contribution in [2.45, 2.75) is 6.92 Å². The van der Waals surface area contributed by atoms with Crippen LogP contribution in [0, 0.1) is 6.92 Å². The molecule has 0 unspecified atom stereocenters. The molecule has 0 bridgehead atoms. The molecule has 0 saturated carbocycles. The Labute approximate surface area is 84.2 Å². The van der Waals surface area contributed by atoms with Gasteiger partial charge in [-0.3, -0.25) is 0 Å². The minimum atomic E-state index is -0.241. The van der Waals surface area contributed by atoms with Crippen molar-refractivity contribution < 1.29 is 9.53 Å². The molecule has 68 valence electrons. The van der Waals surface area contributed by atoms with Crippen molar-refractivity contribution in [3.8, 4) is 5.75 Å². The summed E-state index contributed by atoms with van der Waals surface area (Å²) in [5.74, 6) is 0.367. The van der Waals surface area contributed by atoms with Crippen molar-refractivity contribution in [1.29, 1.82) is 0 Å². The second-order valence-electron chi connectivity index (χ2n) is 2.87. The van der Waals surface area contributed by atoms with Crippen LogP contribution in [-0.4, -0.2) is 12.5 Å². The summed E-state index contributed by atoms with van der Waals surface area (Å²) in [6.45, 7) is 2.21. The first-order chi connectivity index (χ1) is 6.18. The van der Waals surface area contributed by atoms with Crippen LogP contribution < -0.4 is 10.1 Å². The highest BCUT2D eigenvalue weighted by Crippen LogP contribution is 2.34. The number of nitrogens with one attached hydrogen (secondary N) is 1. The number of carbonyl (C=O) groups excluding carboxylic acids is 1. The zero-order valence-electron chi connectivity index (χ0n) is 7.06. The summed E-state index contributed by atoms with van der Waals surface area (Å²) in [6, 6.07) is 3.64. The number of benzene rings is 1. The van der Waals surface area contributed by atoms with Crippen LogP contribution >= 0.6 is 15.9 Å². The van der Waals surface area contributed by atoms with Crippen LogP contribution in [-0.2, 0) is 4.79 Å². The van der Waals surface area contributed by atoms with Crippen molar-refractivity contribution >= 4 is 27.6 Å². The first-order valence-corrected chi connectivity index (χ1v) is 4.71. The Morgan fingerprint density at radius 1 is 1.54 bits per heavy atom. The minimum absolute atomic E-state index is 0.240. The molecule has 0 radical (unpaired) electrons. The Bertz CT molecular complexity index is 376. The van der Waals surface area contributed by atoms with E-state index in [2.05, 4.69) is 21.2 Å². The SMILES string of the molecule is Cc1c(Br)ccc2c1NCC(=O)O2. The van der Waals surface area contributed by atoms with Crippen LogP contribution in [0.5, 0.6) is 5.75 Å². The predicted octanol–water partition coefficient (Wildman–Crippen LogP) is 2.09. The normalized spacial score (nSPS) is 14.5. The lowest BCUT2D eigenvalue weighted by molar-refractivity contribution is -0.132. The highest BCUT2D eigenvalue weighted by atomic mass is 79.9. The standard InChI is InChI=1S/C9H8BrNO2/c1-5-6(10)2-3-7-9(5)11-4-8(12)13-7/h2-3,11H,4H2,1H3. The molecule has 1 aliphatic heterocycles. The lowest BCUT2D eigenvalue weighted by Crippen LogP contribution is -2.25. The third kappa shape index (κ3) is 1.42. The van der Waals surface area contributed by atoms with Gasteiger partial charge in [-0.05, 0) is 24.6 Å². The van der Waals surface area contributed by atoms with E-state index in [4.69, 9.17) is 4.74 Å². The number of halogens is 1. The highest BCUT2D eigenvalue weighted by Gasteiger charge is 2.18. The van der Waals surface area contributed by atoms with Crippen molar-refractivity contribution in [2.75, 3.05) is 11.9 Å². The molecule has 0 fully saturated rings. The van der Waals surface area contributed by atoms with Gasteiger partial charge in [-0.2, -0.15) is 0 Å². The van der Waals surface area contributed by atoms with E-state index >= 15 is 0 Å². The number of fused-ring (bicyclic) bond motifs is 1. The van der Waals surface area contributed by atoms with E-state index < -0.39 is 0 Å². The number of rotatable bonds is 0. The molecule has 13 heavy (non-hydrogen) atoms. The molecule has 1 aliphatic rings. The van der Waals surface area contributed by atoms with Gasteiger partial charge in [0.15, 0.2) is 5.75 Å². The zero-order valence-corrected chi connectivity index (χ0v) is 8.64. The fourth-order valence-corrected chi connectivity index (χ4v) is 1.62. The van der Waals surface area contributed by atoms with Crippen molar-refractivity contribution in [3.63, 3.8) is 0 Å². The number of esters is 1. The number of hydrogen-bond donors (Lipinski definition) is 1. The maximum Gasteiger partial charge on any atom is 0.330 e. The second kappa shape index (κ2) is 3.03. The molecule has 4 heteroatoms. The van der Waals surface area contributed by atoms with E-state index in [0.717, 1.165) is 15.7 Å². The number of ether oxygens (including phenoxy) is 1. The Kier molecular flexibility index (Phi) is 2.00. The molecule has 1 heterocycles. The summed E-state index contributed by atoms with van der Waals surface area (Å²) in [4.78, 5) is 10.9. The van der Waals surface area contributed by atoms with E-state index in [9.17, 15) is 4.79 Å². The van der Waals surface area contributed by atoms with Gasteiger partial charge in [0.2, 0.25) is 0 Å². The van der Waals surface area contributed by atoms with Crippen LogP contribution in [0.3, 0.4) is 0 Å². The van der Waals surface area contributed by atoms with Crippen molar-refractivity contribution in [2.24, 2.45) is 0 Å². The van der Waals surface area contributed by atoms with Gasteiger partial charge in [0.25, 0.3) is 0 Å². The monoisotopic (exact) mass is 241 g/mol. The quantitative estimate of drug-likeness (QED) is 0.559. The maximum absolute atomic E-state index is 10.9. The molecule has 0 atom stereocenters. The smallest absolute Gasteiger partial charge is 0.330 e.